The zero-order chi connectivity index (χ0) is 18.7. The third-order valence-corrected chi connectivity index (χ3v) is 4.98. The SMILES string of the molecule is CCn1c(C)cc(C(=O)CSc2nc(=O)[nH]c(C)c2C(=O)OC)c1C. The molecular formula is C17H21N3O4S. The van der Waals surface area contributed by atoms with E-state index >= 15 is 0 Å². The molecule has 0 atom stereocenters. The minimum atomic E-state index is -0.597. The summed E-state index contributed by atoms with van der Waals surface area (Å²) in [7, 11) is 1.26. The van der Waals surface area contributed by atoms with Crippen LogP contribution in [-0.2, 0) is 11.3 Å². The molecule has 2 heterocycles. The first kappa shape index (κ1) is 19.0. The Morgan fingerprint density at radius 1 is 1.32 bits per heavy atom. The van der Waals surface area contributed by atoms with Crippen LogP contribution in [0.15, 0.2) is 15.9 Å². The van der Waals surface area contributed by atoms with Crippen molar-refractivity contribution in [2.75, 3.05) is 12.9 Å². The van der Waals surface area contributed by atoms with E-state index in [2.05, 4.69) is 14.5 Å². The van der Waals surface area contributed by atoms with Crippen LogP contribution in [0, 0.1) is 20.8 Å². The van der Waals surface area contributed by atoms with Crippen LogP contribution in [-0.4, -0.2) is 39.2 Å². The number of rotatable bonds is 6. The maximum atomic E-state index is 12.6. The summed E-state index contributed by atoms with van der Waals surface area (Å²) in [6.07, 6.45) is 0. The van der Waals surface area contributed by atoms with Crippen LogP contribution in [0.25, 0.3) is 0 Å². The number of aromatic nitrogens is 3. The van der Waals surface area contributed by atoms with Gasteiger partial charge in [-0.2, -0.15) is 4.98 Å². The van der Waals surface area contributed by atoms with Crippen molar-refractivity contribution in [1.29, 1.82) is 0 Å². The van der Waals surface area contributed by atoms with Gasteiger partial charge in [0.05, 0.1) is 12.9 Å². The Morgan fingerprint density at radius 2 is 2.00 bits per heavy atom. The number of Topliss-reactive ketones (excluding diaryl/α,β-unsaturated/α-hetero) is 1. The molecule has 0 aliphatic heterocycles. The average molecular weight is 363 g/mol. The van der Waals surface area contributed by atoms with Gasteiger partial charge in [-0.15, -0.1) is 0 Å². The fourth-order valence-electron chi connectivity index (χ4n) is 2.79. The van der Waals surface area contributed by atoms with Crippen LogP contribution >= 0.6 is 11.8 Å². The van der Waals surface area contributed by atoms with Gasteiger partial charge in [0.2, 0.25) is 0 Å². The summed E-state index contributed by atoms with van der Waals surface area (Å²) in [6.45, 7) is 8.27. The highest BCUT2D eigenvalue weighted by Crippen LogP contribution is 2.24. The number of H-pyrrole nitrogens is 1. The van der Waals surface area contributed by atoms with Gasteiger partial charge in [0.25, 0.3) is 0 Å². The zero-order valence-corrected chi connectivity index (χ0v) is 15.7. The molecule has 0 bridgehead atoms. The van der Waals surface area contributed by atoms with Crippen molar-refractivity contribution >= 4 is 23.5 Å². The van der Waals surface area contributed by atoms with E-state index in [1.807, 2.05) is 26.8 Å². The molecule has 0 saturated heterocycles. The van der Waals surface area contributed by atoms with E-state index in [1.54, 1.807) is 6.92 Å². The van der Waals surface area contributed by atoms with Crippen LogP contribution in [0.4, 0.5) is 0 Å². The number of aryl methyl sites for hydroxylation is 2. The first-order valence-corrected chi connectivity index (χ1v) is 8.80. The lowest BCUT2D eigenvalue weighted by molar-refractivity contribution is 0.0594. The predicted octanol–water partition coefficient (Wildman–Crippen LogP) is 2.28. The third kappa shape index (κ3) is 3.84. The van der Waals surface area contributed by atoms with Crippen LogP contribution in [0.1, 0.15) is 44.7 Å². The summed E-state index contributed by atoms with van der Waals surface area (Å²) in [5.41, 5.74) is 2.56. The van der Waals surface area contributed by atoms with Crippen molar-refractivity contribution in [1.82, 2.24) is 14.5 Å². The molecule has 7 nitrogen and oxygen atoms in total. The Bertz CT molecular complexity index is 883. The molecule has 2 rings (SSSR count). The van der Waals surface area contributed by atoms with Gasteiger partial charge in [0.1, 0.15) is 10.6 Å². The van der Waals surface area contributed by atoms with Gasteiger partial charge in [-0.25, -0.2) is 9.59 Å². The molecule has 0 radical (unpaired) electrons. The number of esters is 1. The Hall–Kier alpha value is -2.35. The molecule has 0 saturated carbocycles. The van der Waals surface area contributed by atoms with E-state index in [0.717, 1.165) is 29.7 Å². The topological polar surface area (TPSA) is 94.0 Å². The molecule has 0 unspecified atom stereocenters. The molecule has 8 heteroatoms. The molecule has 0 aliphatic carbocycles. The molecule has 25 heavy (non-hydrogen) atoms. The predicted molar refractivity (Wildman–Crippen MR) is 95.6 cm³/mol. The van der Waals surface area contributed by atoms with E-state index in [0.29, 0.717) is 11.3 Å². The van der Waals surface area contributed by atoms with Crippen molar-refractivity contribution in [2.24, 2.45) is 0 Å². The van der Waals surface area contributed by atoms with Crippen LogP contribution in [0.5, 0.6) is 0 Å². The van der Waals surface area contributed by atoms with E-state index in [1.165, 1.54) is 7.11 Å². The normalized spacial score (nSPS) is 10.8. The van der Waals surface area contributed by atoms with Gasteiger partial charge >= 0.3 is 11.7 Å². The number of nitrogens with one attached hydrogen (secondary N) is 1. The molecule has 2 aromatic rings. The van der Waals surface area contributed by atoms with Crippen molar-refractivity contribution in [3.05, 3.63) is 44.8 Å². The highest BCUT2D eigenvalue weighted by atomic mass is 32.2. The maximum absolute atomic E-state index is 12.6. The second-order valence-electron chi connectivity index (χ2n) is 5.58. The summed E-state index contributed by atoms with van der Waals surface area (Å²) >= 11 is 1.06. The Kier molecular flexibility index (Phi) is 5.84. The molecule has 2 aromatic heterocycles. The molecule has 0 amide bonds. The fourth-order valence-corrected chi connectivity index (χ4v) is 3.74. The molecule has 0 aliphatic rings. The standard InChI is InChI=1S/C17H21N3O4S/c1-6-20-9(2)7-12(11(20)4)13(21)8-25-15-14(16(22)24-5)10(3)18-17(23)19-15/h7H,6,8H2,1-5H3,(H,18,19,23). The van der Waals surface area contributed by atoms with Crippen molar-refractivity contribution in [2.45, 2.75) is 39.3 Å². The minimum Gasteiger partial charge on any atom is -0.465 e. The van der Waals surface area contributed by atoms with Crippen LogP contribution in [0.3, 0.4) is 0 Å². The van der Waals surface area contributed by atoms with Gasteiger partial charge in [-0.1, -0.05) is 11.8 Å². The molecule has 134 valence electrons. The number of carbonyl (C=O) groups excluding carboxylic acids is 2. The number of methoxy groups -OCH3 is 1. The number of hydrogen-bond acceptors (Lipinski definition) is 6. The minimum absolute atomic E-state index is 0.0756. The Labute approximate surface area is 149 Å². The number of nitrogens with zero attached hydrogens (tertiary/aromatic N) is 2. The fraction of sp³-hybridized carbons (Fsp3) is 0.412. The van der Waals surface area contributed by atoms with E-state index in [9.17, 15) is 14.4 Å². The quantitative estimate of drug-likeness (QED) is 0.366. The van der Waals surface area contributed by atoms with Crippen LogP contribution < -0.4 is 5.69 Å². The second kappa shape index (κ2) is 7.69. The monoisotopic (exact) mass is 363 g/mol. The smallest absolute Gasteiger partial charge is 0.346 e. The summed E-state index contributed by atoms with van der Waals surface area (Å²) in [5, 5.41) is 0.200. The van der Waals surface area contributed by atoms with Gasteiger partial charge in [0.15, 0.2) is 5.78 Å². The number of carbonyl (C=O) groups is 2. The van der Waals surface area contributed by atoms with E-state index in [-0.39, 0.29) is 22.1 Å². The van der Waals surface area contributed by atoms with Crippen molar-refractivity contribution in [3.8, 4) is 0 Å². The highest BCUT2D eigenvalue weighted by molar-refractivity contribution is 8.00. The molecular weight excluding hydrogens is 342 g/mol. The van der Waals surface area contributed by atoms with E-state index in [4.69, 9.17) is 4.74 Å². The molecule has 0 aromatic carbocycles. The summed E-state index contributed by atoms with van der Waals surface area (Å²) < 4.78 is 6.80. The Balaban J connectivity index is 2.28. The first-order valence-electron chi connectivity index (χ1n) is 7.82. The molecule has 0 spiro atoms. The van der Waals surface area contributed by atoms with Gasteiger partial charge in [0, 0.05) is 29.2 Å². The van der Waals surface area contributed by atoms with Crippen molar-refractivity contribution in [3.63, 3.8) is 0 Å². The van der Waals surface area contributed by atoms with E-state index < -0.39 is 11.7 Å². The number of ketones is 1. The molecule has 0 fully saturated rings. The Morgan fingerprint density at radius 3 is 2.56 bits per heavy atom. The van der Waals surface area contributed by atoms with Gasteiger partial charge < -0.3 is 14.3 Å². The summed E-state index contributed by atoms with van der Waals surface area (Å²) in [4.78, 5) is 42.4. The third-order valence-electron chi connectivity index (χ3n) is 4.01. The number of thioether (sulfide) groups is 1. The van der Waals surface area contributed by atoms with Crippen LogP contribution in [0.2, 0.25) is 0 Å². The number of ether oxygens (including phenoxy) is 1. The molecule has 1 N–H and O–H groups in total. The van der Waals surface area contributed by atoms with Crippen molar-refractivity contribution < 1.29 is 14.3 Å². The lowest BCUT2D eigenvalue weighted by Crippen LogP contribution is -2.19. The lowest BCUT2D eigenvalue weighted by Gasteiger charge is -2.09. The number of aromatic amines is 1. The summed E-state index contributed by atoms with van der Waals surface area (Å²) in [5.74, 6) is -0.595. The van der Waals surface area contributed by atoms with Gasteiger partial charge in [-0.3, -0.25) is 4.79 Å². The highest BCUT2D eigenvalue weighted by Gasteiger charge is 2.21. The largest absolute Gasteiger partial charge is 0.465 e. The van der Waals surface area contributed by atoms with Gasteiger partial charge in [-0.05, 0) is 33.8 Å². The second-order valence-corrected chi connectivity index (χ2v) is 6.54. The maximum Gasteiger partial charge on any atom is 0.346 e. The summed E-state index contributed by atoms with van der Waals surface area (Å²) in [6, 6.07) is 1.86. The first-order chi connectivity index (χ1) is 11.8. The number of hydrogen-bond donors (Lipinski definition) is 1. The lowest BCUT2D eigenvalue weighted by atomic mass is 10.2. The zero-order valence-electron chi connectivity index (χ0n) is 14.9. The average Bonchev–Trinajstić information content (AvgIpc) is 2.85.